The SMILES string of the molecule is CNC(=O)CCCOc1ccc2c(c1)/C(=N\O)CCC2. The van der Waals surface area contributed by atoms with E-state index in [1.54, 1.807) is 7.05 Å². The molecule has 0 saturated heterocycles. The molecule has 5 nitrogen and oxygen atoms in total. The number of hydrogen-bond acceptors (Lipinski definition) is 4. The Labute approximate surface area is 118 Å². The molecular formula is C15H20N2O3. The van der Waals surface area contributed by atoms with Gasteiger partial charge in [-0.15, -0.1) is 0 Å². The largest absolute Gasteiger partial charge is 0.494 e. The predicted octanol–water partition coefficient (Wildman–Crippen LogP) is 2.11. The molecule has 2 rings (SSSR count). The number of rotatable bonds is 5. The number of fused-ring (bicyclic) bond motifs is 1. The van der Waals surface area contributed by atoms with Crippen LogP contribution in [0.5, 0.6) is 5.75 Å². The summed E-state index contributed by atoms with van der Waals surface area (Å²) in [6.07, 6.45) is 3.95. The van der Waals surface area contributed by atoms with E-state index in [1.165, 1.54) is 5.56 Å². The van der Waals surface area contributed by atoms with Gasteiger partial charge in [0.1, 0.15) is 5.75 Å². The number of aryl methyl sites for hydroxylation is 1. The van der Waals surface area contributed by atoms with Gasteiger partial charge in [-0.3, -0.25) is 4.79 Å². The van der Waals surface area contributed by atoms with E-state index in [1.807, 2.05) is 18.2 Å². The van der Waals surface area contributed by atoms with Crippen LogP contribution in [0.2, 0.25) is 0 Å². The molecule has 1 aromatic carbocycles. The normalized spacial score (nSPS) is 15.8. The first kappa shape index (κ1) is 14.4. The van der Waals surface area contributed by atoms with E-state index in [9.17, 15) is 4.79 Å². The van der Waals surface area contributed by atoms with E-state index in [2.05, 4.69) is 10.5 Å². The van der Waals surface area contributed by atoms with Crippen LogP contribution in [0.25, 0.3) is 0 Å². The molecular weight excluding hydrogens is 256 g/mol. The topological polar surface area (TPSA) is 70.9 Å². The monoisotopic (exact) mass is 276 g/mol. The molecule has 20 heavy (non-hydrogen) atoms. The van der Waals surface area contributed by atoms with Crippen LogP contribution in [-0.4, -0.2) is 30.5 Å². The number of benzene rings is 1. The summed E-state index contributed by atoms with van der Waals surface area (Å²) < 4.78 is 5.64. The summed E-state index contributed by atoms with van der Waals surface area (Å²) >= 11 is 0. The molecule has 1 aliphatic carbocycles. The third kappa shape index (κ3) is 3.50. The highest BCUT2D eigenvalue weighted by molar-refractivity contribution is 6.02. The van der Waals surface area contributed by atoms with Crippen molar-refractivity contribution in [2.45, 2.75) is 32.1 Å². The average Bonchev–Trinajstić information content (AvgIpc) is 2.50. The van der Waals surface area contributed by atoms with E-state index in [0.29, 0.717) is 19.4 Å². The van der Waals surface area contributed by atoms with Crippen molar-refractivity contribution in [1.82, 2.24) is 5.32 Å². The zero-order valence-corrected chi connectivity index (χ0v) is 11.7. The van der Waals surface area contributed by atoms with Crippen molar-refractivity contribution in [3.8, 4) is 5.75 Å². The van der Waals surface area contributed by atoms with Gasteiger partial charge in [-0.25, -0.2) is 0 Å². The Hall–Kier alpha value is -2.04. The van der Waals surface area contributed by atoms with Gasteiger partial charge in [-0.1, -0.05) is 11.2 Å². The maximum absolute atomic E-state index is 11.1. The van der Waals surface area contributed by atoms with Crippen molar-refractivity contribution >= 4 is 11.6 Å². The number of nitrogens with one attached hydrogen (secondary N) is 1. The molecule has 0 unspecified atom stereocenters. The van der Waals surface area contributed by atoms with Crippen LogP contribution in [0.1, 0.15) is 36.8 Å². The van der Waals surface area contributed by atoms with Crippen molar-refractivity contribution in [3.05, 3.63) is 29.3 Å². The first-order valence-electron chi connectivity index (χ1n) is 6.92. The van der Waals surface area contributed by atoms with Gasteiger partial charge in [0.05, 0.1) is 12.3 Å². The average molecular weight is 276 g/mol. The fourth-order valence-electron chi connectivity index (χ4n) is 2.36. The Balaban J connectivity index is 1.95. The summed E-state index contributed by atoms with van der Waals surface area (Å²) in [7, 11) is 1.63. The van der Waals surface area contributed by atoms with E-state index < -0.39 is 0 Å². The molecule has 0 radical (unpaired) electrons. The fraction of sp³-hybridized carbons (Fsp3) is 0.467. The Bertz CT molecular complexity index is 512. The summed E-state index contributed by atoms with van der Waals surface area (Å²) in [5, 5.41) is 15.0. The van der Waals surface area contributed by atoms with Gasteiger partial charge in [-0.2, -0.15) is 0 Å². The minimum absolute atomic E-state index is 0.0220. The van der Waals surface area contributed by atoms with Crippen molar-refractivity contribution in [1.29, 1.82) is 0 Å². The highest BCUT2D eigenvalue weighted by Crippen LogP contribution is 2.26. The molecule has 0 saturated carbocycles. The van der Waals surface area contributed by atoms with E-state index in [4.69, 9.17) is 9.94 Å². The lowest BCUT2D eigenvalue weighted by Gasteiger charge is -2.17. The molecule has 5 heteroatoms. The van der Waals surface area contributed by atoms with Crippen molar-refractivity contribution in [3.63, 3.8) is 0 Å². The summed E-state index contributed by atoms with van der Waals surface area (Å²) in [5.74, 6) is 0.775. The molecule has 0 bridgehead atoms. The molecule has 108 valence electrons. The minimum Gasteiger partial charge on any atom is -0.494 e. The van der Waals surface area contributed by atoms with E-state index >= 15 is 0 Å². The number of nitrogens with zero attached hydrogens (tertiary/aromatic N) is 1. The highest BCUT2D eigenvalue weighted by Gasteiger charge is 2.16. The van der Waals surface area contributed by atoms with Gasteiger partial charge in [0.25, 0.3) is 0 Å². The summed E-state index contributed by atoms with van der Waals surface area (Å²) in [6.45, 7) is 0.498. The number of amides is 1. The van der Waals surface area contributed by atoms with Crippen LogP contribution in [-0.2, 0) is 11.2 Å². The number of carbonyl (C=O) groups is 1. The summed E-state index contributed by atoms with van der Waals surface area (Å²) in [4.78, 5) is 11.1. The molecule has 0 heterocycles. The molecule has 1 amide bonds. The molecule has 0 atom stereocenters. The van der Waals surface area contributed by atoms with Crippen molar-refractivity contribution in [2.75, 3.05) is 13.7 Å². The first-order valence-corrected chi connectivity index (χ1v) is 6.92. The smallest absolute Gasteiger partial charge is 0.219 e. The molecule has 0 spiro atoms. The van der Waals surface area contributed by atoms with Gasteiger partial charge in [0, 0.05) is 19.0 Å². The molecule has 1 aliphatic rings. The third-order valence-corrected chi connectivity index (χ3v) is 3.47. The molecule has 1 aromatic rings. The molecule has 0 aromatic heterocycles. The number of oxime groups is 1. The second-order valence-electron chi connectivity index (χ2n) is 4.84. The van der Waals surface area contributed by atoms with Crippen LogP contribution >= 0.6 is 0 Å². The van der Waals surface area contributed by atoms with Crippen LogP contribution < -0.4 is 10.1 Å². The van der Waals surface area contributed by atoms with Crippen LogP contribution in [0.15, 0.2) is 23.4 Å². The number of carbonyl (C=O) groups excluding carboxylic acids is 1. The highest BCUT2D eigenvalue weighted by atomic mass is 16.5. The van der Waals surface area contributed by atoms with Gasteiger partial charge in [0.15, 0.2) is 0 Å². The molecule has 0 aliphatic heterocycles. The van der Waals surface area contributed by atoms with Crippen molar-refractivity contribution in [2.24, 2.45) is 5.16 Å². The second kappa shape index (κ2) is 6.93. The number of ether oxygens (including phenoxy) is 1. The zero-order chi connectivity index (χ0) is 14.4. The van der Waals surface area contributed by atoms with Crippen LogP contribution in [0, 0.1) is 0 Å². The summed E-state index contributed by atoms with van der Waals surface area (Å²) in [6, 6.07) is 5.87. The summed E-state index contributed by atoms with van der Waals surface area (Å²) in [5.41, 5.74) is 2.89. The van der Waals surface area contributed by atoms with E-state index in [0.717, 1.165) is 36.3 Å². The second-order valence-corrected chi connectivity index (χ2v) is 4.84. The maximum Gasteiger partial charge on any atom is 0.219 e. The van der Waals surface area contributed by atoms with E-state index in [-0.39, 0.29) is 5.91 Å². The minimum atomic E-state index is 0.0220. The Morgan fingerprint density at radius 1 is 1.45 bits per heavy atom. The quantitative estimate of drug-likeness (QED) is 0.491. The lowest BCUT2D eigenvalue weighted by atomic mass is 9.90. The Morgan fingerprint density at radius 2 is 2.30 bits per heavy atom. The Kier molecular flexibility index (Phi) is 4.98. The zero-order valence-electron chi connectivity index (χ0n) is 11.7. The van der Waals surface area contributed by atoms with Gasteiger partial charge in [-0.05, 0) is 43.4 Å². The van der Waals surface area contributed by atoms with Crippen LogP contribution in [0.3, 0.4) is 0 Å². The molecule has 0 fully saturated rings. The third-order valence-electron chi connectivity index (χ3n) is 3.47. The predicted molar refractivity (Wildman–Crippen MR) is 76.5 cm³/mol. The van der Waals surface area contributed by atoms with Gasteiger partial charge >= 0.3 is 0 Å². The Morgan fingerprint density at radius 3 is 3.05 bits per heavy atom. The fourth-order valence-corrected chi connectivity index (χ4v) is 2.36. The van der Waals surface area contributed by atoms with Gasteiger partial charge in [0.2, 0.25) is 5.91 Å². The van der Waals surface area contributed by atoms with Crippen molar-refractivity contribution < 1.29 is 14.7 Å². The first-order chi connectivity index (χ1) is 9.74. The standard InChI is InChI=1S/C15H20N2O3/c1-16-15(18)6-3-9-20-12-8-7-11-4-2-5-14(17-19)13(11)10-12/h7-8,10,19H,2-6,9H2,1H3,(H,16,18)/b17-14-. The maximum atomic E-state index is 11.1. The van der Waals surface area contributed by atoms with Crippen LogP contribution in [0.4, 0.5) is 0 Å². The lowest BCUT2D eigenvalue weighted by molar-refractivity contribution is -0.120. The molecule has 2 N–H and O–H groups in total. The lowest BCUT2D eigenvalue weighted by Crippen LogP contribution is -2.18. The van der Waals surface area contributed by atoms with Gasteiger partial charge < -0.3 is 15.3 Å². The number of hydrogen-bond donors (Lipinski definition) is 2.